The van der Waals surface area contributed by atoms with E-state index in [0.29, 0.717) is 27.8 Å². The first kappa shape index (κ1) is 25.8. The highest BCUT2D eigenvalue weighted by molar-refractivity contribution is 6.36. The van der Waals surface area contributed by atoms with E-state index < -0.39 is 45.5 Å². The molecule has 1 fully saturated rings. The third-order valence-corrected chi connectivity index (χ3v) is 9.51. The highest BCUT2D eigenvalue weighted by atomic mass is 35.5. The zero-order valence-corrected chi connectivity index (χ0v) is 22.8. The summed E-state index contributed by atoms with van der Waals surface area (Å²) in [6.07, 6.45) is -1.27. The van der Waals surface area contributed by atoms with Gasteiger partial charge < -0.3 is 4.74 Å². The van der Waals surface area contributed by atoms with E-state index in [4.69, 9.17) is 27.9 Å². The molecule has 2 bridgehead atoms. The molecule has 7 rings (SSSR count). The Morgan fingerprint density at radius 3 is 1.69 bits per heavy atom. The Hall–Kier alpha value is -3.48. The van der Waals surface area contributed by atoms with Crippen LogP contribution in [0, 0.1) is 18.8 Å². The van der Waals surface area contributed by atoms with E-state index in [0.717, 1.165) is 10.5 Å². The number of carbonyl (C=O) groups is 4. The number of nitrogens with zero attached hydrogens (tertiary/aromatic N) is 1. The van der Waals surface area contributed by atoms with Crippen LogP contribution in [-0.2, 0) is 28.9 Å². The highest BCUT2D eigenvalue weighted by Crippen LogP contribution is 2.69. The Balaban J connectivity index is 1.24. The van der Waals surface area contributed by atoms with Gasteiger partial charge in [-0.1, -0.05) is 78.4 Å². The molecule has 1 heterocycles. The van der Waals surface area contributed by atoms with Crippen LogP contribution in [0.5, 0.6) is 0 Å². The number of rotatable bonds is 6. The van der Waals surface area contributed by atoms with Gasteiger partial charge in [0.25, 0.3) is 0 Å². The Morgan fingerprint density at radius 2 is 1.26 bits per heavy atom. The molecule has 0 radical (unpaired) electrons. The summed E-state index contributed by atoms with van der Waals surface area (Å²) in [7, 11) is 0. The van der Waals surface area contributed by atoms with Crippen LogP contribution in [0.25, 0.3) is 0 Å². The maximum absolute atomic E-state index is 13.8. The second-order valence-electron chi connectivity index (χ2n) is 10.4. The molecule has 1 saturated heterocycles. The number of esters is 1. The fraction of sp³-hybridized carbons (Fsp3) is 0.290. The summed E-state index contributed by atoms with van der Waals surface area (Å²) < 4.78 is 5.35. The Labute approximate surface area is 235 Å². The second kappa shape index (κ2) is 9.04. The maximum Gasteiger partial charge on any atom is 0.308 e. The van der Waals surface area contributed by atoms with Crippen molar-refractivity contribution in [2.24, 2.45) is 11.8 Å². The molecule has 3 aliphatic carbocycles. The molecule has 2 amide bonds. The molecule has 6 nitrogen and oxygen atoms in total. The second-order valence-corrected chi connectivity index (χ2v) is 11.6. The summed E-state index contributed by atoms with van der Waals surface area (Å²) in [4.78, 5) is 51.5. The van der Waals surface area contributed by atoms with Gasteiger partial charge in [-0.25, -0.2) is 0 Å². The van der Waals surface area contributed by atoms with Crippen LogP contribution in [0.1, 0.15) is 51.5 Å². The van der Waals surface area contributed by atoms with Gasteiger partial charge in [0.05, 0.1) is 18.3 Å². The average molecular weight is 562 g/mol. The van der Waals surface area contributed by atoms with E-state index in [1.54, 1.807) is 12.1 Å². The van der Waals surface area contributed by atoms with Crippen LogP contribution >= 0.6 is 23.2 Å². The predicted octanol–water partition coefficient (Wildman–Crippen LogP) is 5.09. The molecule has 0 saturated carbocycles. The van der Waals surface area contributed by atoms with Gasteiger partial charge in [0.1, 0.15) is 9.75 Å². The number of ketones is 1. The van der Waals surface area contributed by atoms with Crippen LogP contribution in [0.4, 0.5) is 0 Å². The summed E-state index contributed by atoms with van der Waals surface area (Å²) in [5.41, 5.74) is 4.30. The summed E-state index contributed by atoms with van der Waals surface area (Å²) >= 11 is 14.8. The molecule has 198 valence electrons. The van der Waals surface area contributed by atoms with E-state index in [-0.39, 0.29) is 18.7 Å². The van der Waals surface area contributed by atoms with Gasteiger partial charge in [-0.15, -0.1) is 23.2 Å². The molecule has 3 aromatic carbocycles. The number of likely N-dealkylation sites (tertiary alicyclic amines) is 1. The molecule has 4 aliphatic rings. The first-order valence-corrected chi connectivity index (χ1v) is 13.6. The lowest BCUT2D eigenvalue weighted by atomic mass is 9.54. The molecular weight excluding hydrogens is 537 g/mol. The first-order valence-electron chi connectivity index (χ1n) is 12.8. The highest BCUT2D eigenvalue weighted by Gasteiger charge is 2.72. The monoisotopic (exact) mass is 561 g/mol. The number of amides is 2. The minimum atomic E-state index is -1.27. The van der Waals surface area contributed by atoms with Crippen LogP contribution in [-0.4, -0.2) is 41.1 Å². The maximum atomic E-state index is 13.8. The SMILES string of the molecule is Cc1ccc(C(=O)[C@H](C)OC(=O)CCN2C(=O)[C@@H]3[C@@H](C2=O)C2(Cl)c4ccccc4C3(Cl)c3ccccc32)cc1. The van der Waals surface area contributed by atoms with Gasteiger partial charge in [0.15, 0.2) is 6.10 Å². The van der Waals surface area contributed by atoms with Crippen molar-refractivity contribution in [3.05, 3.63) is 106 Å². The lowest BCUT2D eigenvalue weighted by Gasteiger charge is -2.54. The van der Waals surface area contributed by atoms with Crippen LogP contribution in [0.2, 0.25) is 0 Å². The molecule has 39 heavy (non-hydrogen) atoms. The van der Waals surface area contributed by atoms with E-state index >= 15 is 0 Å². The number of Topliss-reactive ketones (excluding diaryl/α,β-unsaturated/α-hetero) is 1. The van der Waals surface area contributed by atoms with Gasteiger partial charge in [0, 0.05) is 12.1 Å². The quantitative estimate of drug-likeness (QED) is 0.181. The fourth-order valence-electron chi connectivity index (χ4n) is 6.41. The van der Waals surface area contributed by atoms with Gasteiger partial charge in [0.2, 0.25) is 17.6 Å². The molecular formula is C31H25Cl2NO5. The number of imide groups is 1. The van der Waals surface area contributed by atoms with E-state index in [1.165, 1.54) is 6.92 Å². The largest absolute Gasteiger partial charge is 0.454 e. The number of carbonyl (C=O) groups excluding carboxylic acids is 4. The van der Waals surface area contributed by atoms with Gasteiger partial charge in [-0.3, -0.25) is 24.1 Å². The zero-order chi connectivity index (χ0) is 27.7. The molecule has 1 aliphatic heterocycles. The standard InChI is InChI=1S/C31H25Cl2NO5/c1-17-11-13-19(14-12-17)27(36)18(2)39-24(35)15-16-34-28(37)25-26(29(34)38)31(33)21-8-4-3-7-20(21)30(25,32)22-9-5-6-10-23(22)31/h3-14,18,25-26H,15-16H2,1-2H3/t18-,25-,26-,30?,31?/m0/s1. The van der Waals surface area contributed by atoms with Crippen molar-refractivity contribution in [1.82, 2.24) is 4.90 Å². The topological polar surface area (TPSA) is 80.8 Å². The van der Waals surface area contributed by atoms with Crippen LogP contribution in [0.15, 0.2) is 72.8 Å². The van der Waals surface area contributed by atoms with Crippen molar-refractivity contribution in [3.63, 3.8) is 0 Å². The third-order valence-electron chi connectivity index (χ3n) is 8.23. The molecule has 0 spiro atoms. The van der Waals surface area contributed by atoms with Gasteiger partial charge >= 0.3 is 5.97 Å². The Morgan fingerprint density at radius 1 is 0.821 bits per heavy atom. The molecule has 3 aromatic rings. The van der Waals surface area contributed by atoms with Crippen molar-refractivity contribution in [3.8, 4) is 0 Å². The number of alkyl halides is 2. The van der Waals surface area contributed by atoms with Gasteiger partial charge in [-0.2, -0.15) is 0 Å². The molecule has 8 heteroatoms. The smallest absolute Gasteiger partial charge is 0.308 e. The van der Waals surface area contributed by atoms with Crippen molar-refractivity contribution >= 4 is 46.8 Å². The zero-order valence-electron chi connectivity index (χ0n) is 21.3. The van der Waals surface area contributed by atoms with Crippen molar-refractivity contribution in [1.29, 1.82) is 0 Å². The van der Waals surface area contributed by atoms with Crippen molar-refractivity contribution in [2.45, 2.75) is 36.1 Å². The number of halogens is 2. The molecule has 0 aromatic heterocycles. The summed E-state index contributed by atoms with van der Waals surface area (Å²) in [5, 5.41) is 0. The van der Waals surface area contributed by atoms with Crippen molar-refractivity contribution < 1.29 is 23.9 Å². The fourth-order valence-corrected chi connectivity index (χ4v) is 7.51. The molecule has 0 N–H and O–H groups in total. The average Bonchev–Trinajstić information content (AvgIpc) is 3.20. The minimum Gasteiger partial charge on any atom is -0.454 e. The summed E-state index contributed by atoms with van der Waals surface area (Å²) in [5.74, 6) is -3.80. The molecule has 0 unspecified atom stereocenters. The summed E-state index contributed by atoms with van der Waals surface area (Å²) in [6, 6.07) is 21.8. The normalized spacial score (nSPS) is 27.0. The van der Waals surface area contributed by atoms with E-state index in [2.05, 4.69) is 0 Å². The third kappa shape index (κ3) is 3.54. The Kier molecular flexibility index (Phi) is 5.97. The lowest BCUT2D eigenvalue weighted by molar-refractivity contribution is -0.148. The first-order chi connectivity index (χ1) is 18.6. The van der Waals surface area contributed by atoms with E-state index in [9.17, 15) is 19.2 Å². The number of hydrogen-bond acceptors (Lipinski definition) is 5. The predicted molar refractivity (Wildman–Crippen MR) is 146 cm³/mol. The summed E-state index contributed by atoms with van der Waals surface area (Å²) in [6.45, 7) is 3.22. The lowest BCUT2D eigenvalue weighted by Crippen LogP contribution is -2.57. The molecule has 3 atom stereocenters. The number of aryl methyl sites for hydroxylation is 1. The number of benzene rings is 3. The van der Waals surface area contributed by atoms with Gasteiger partial charge in [-0.05, 0) is 36.1 Å². The van der Waals surface area contributed by atoms with Crippen molar-refractivity contribution in [2.75, 3.05) is 6.54 Å². The van der Waals surface area contributed by atoms with Crippen LogP contribution in [0.3, 0.4) is 0 Å². The van der Waals surface area contributed by atoms with Crippen LogP contribution < -0.4 is 0 Å². The number of ether oxygens (including phenoxy) is 1. The minimum absolute atomic E-state index is 0.193. The number of hydrogen-bond donors (Lipinski definition) is 0. The van der Waals surface area contributed by atoms with E-state index in [1.807, 2.05) is 67.6 Å². The Bertz CT molecular complexity index is 1430.